The number of carbonyl (C=O) groups is 1. The molecule has 0 saturated heterocycles. The van der Waals surface area contributed by atoms with Gasteiger partial charge in [0.25, 0.3) is 5.56 Å². The number of Topliss-reactive ketones (excluding diaryl/α,β-unsaturated/α-hetero) is 1. The van der Waals surface area contributed by atoms with E-state index < -0.39 is 0 Å². The fourth-order valence-corrected chi connectivity index (χ4v) is 3.98. The number of rotatable bonds is 1. The minimum Gasteiger partial charge on any atom is -0.303 e. The van der Waals surface area contributed by atoms with Crippen LogP contribution in [0.25, 0.3) is 6.08 Å². The molecule has 122 valence electrons. The highest BCUT2D eigenvalue weighted by atomic mass is 16.2. The molecule has 0 aliphatic heterocycles. The molecule has 0 amide bonds. The standard InChI is InChI=1S/C19H18N2O3/c1-20-10-12(18(23)21(2)19(20)24)9-15-13-7-3-5-11-6-4-8-14(16(11)13)17(15)22/h4,6,8-10,13H,3,5,7H2,1-2H3/b15-9-. The van der Waals surface area contributed by atoms with Gasteiger partial charge in [0.2, 0.25) is 0 Å². The number of carbonyl (C=O) groups excluding carboxylic acids is 1. The van der Waals surface area contributed by atoms with E-state index in [0.717, 1.165) is 35.0 Å². The minimum atomic E-state index is -0.372. The van der Waals surface area contributed by atoms with Gasteiger partial charge in [-0.1, -0.05) is 18.2 Å². The molecule has 1 aromatic heterocycles. The van der Waals surface area contributed by atoms with Gasteiger partial charge >= 0.3 is 5.69 Å². The van der Waals surface area contributed by atoms with Crippen molar-refractivity contribution in [3.63, 3.8) is 0 Å². The van der Waals surface area contributed by atoms with Crippen LogP contribution in [0.1, 0.15) is 45.8 Å². The molecule has 0 saturated carbocycles. The molecule has 2 aliphatic carbocycles. The Morgan fingerprint density at radius 2 is 1.96 bits per heavy atom. The Hall–Kier alpha value is -2.69. The Morgan fingerprint density at radius 3 is 2.75 bits per heavy atom. The maximum absolute atomic E-state index is 12.9. The zero-order chi connectivity index (χ0) is 17.0. The van der Waals surface area contributed by atoms with E-state index >= 15 is 0 Å². The number of hydrogen-bond acceptors (Lipinski definition) is 3. The third-order valence-electron chi connectivity index (χ3n) is 5.15. The van der Waals surface area contributed by atoms with Crippen LogP contribution < -0.4 is 11.2 Å². The van der Waals surface area contributed by atoms with Crippen LogP contribution in [0.3, 0.4) is 0 Å². The van der Waals surface area contributed by atoms with Crippen LogP contribution in [0.5, 0.6) is 0 Å². The van der Waals surface area contributed by atoms with Crippen molar-refractivity contribution in [2.45, 2.75) is 25.2 Å². The maximum atomic E-state index is 12.9. The van der Waals surface area contributed by atoms with Gasteiger partial charge in [-0.05, 0) is 36.5 Å². The predicted octanol–water partition coefficient (Wildman–Crippen LogP) is 1.78. The molecule has 0 bridgehead atoms. The van der Waals surface area contributed by atoms with E-state index in [9.17, 15) is 14.4 Å². The van der Waals surface area contributed by atoms with Gasteiger partial charge < -0.3 is 4.57 Å². The molecule has 5 heteroatoms. The average Bonchev–Trinajstić information content (AvgIpc) is 2.86. The van der Waals surface area contributed by atoms with Crippen LogP contribution in [0.4, 0.5) is 0 Å². The number of ketones is 1. The summed E-state index contributed by atoms with van der Waals surface area (Å²) in [6.45, 7) is 0. The van der Waals surface area contributed by atoms with E-state index in [0.29, 0.717) is 11.1 Å². The summed E-state index contributed by atoms with van der Waals surface area (Å²) in [4.78, 5) is 37.1. The Morgan fingerprint density at radius 1 is 1.17 bits per heavy atom. The van der Waals surface area contributed by atoms with Gasteiger partial charge in [0.05, 0.1) is 5.56 Å². The van der Waals surface area contributed by atoms with Crippen molar-refractivity contribution in [3.05, 3.63) is 73.1 Å². The molecule has 0 fully saturated rings. The van der Waals surface area contributed by atoms with Crippen LogP contribution in [-0.2, 0) is 20.5 Å². The van der Waals surface area contributed by atoms with Crippen molar-refractivity contribution in [3.8, 4) is 0 Å². The summed E-state index contributed by atoms with van der Waals surface area (Å²) in [7, 11) is 3.06. The summed E-state index contributed by atoms with van der Waals surface area (Å²) >= 11 is 0. The fraction of sp³-hybridized carbons (Fsp3) is 0.316. The van der Waals surface area contributed by atoms with Gasteiger partial charge in [0, 0.05) is 37.3 Å². The van der Waals surface area contributed by atoms with Crippen LogP contribution in [0, 0.1) is 0 Å². The molecular weight excluding hydrogens is 304 g/mol. The number of aromatic nitrogens is 2. The lowest BCUT2D eigenvalue weighted by Crippen LogP contribution is -2.37. The Balaban J connectivity index is 1.92. The smallest absolute Gasteiger partial charge is 0.303 e. The van der Waals surface area contributed by atoms with Crippen molar-refractivity contribution in [2.75, 3.05) is 0 Å². The number of aryl methyl sites for hydroxylation is 2. The molecule has 0 radical (unpaired) electrons. The second-order valence-electron chi connectivity index (χ2n) is 6.59. The van der Waals surface area contributed by atoms with Gasteiger partial charge in [-0.3, -0.25) is 14.2 Å². The number of nitrogens with zero attached hydrogens (tertiary/aromatic N) is 2. The van der Waals surface area contributed by atoms with Gasteiger partial charge in [0.1, 0.15) is 0 Å². The average molecular weight is 322 g/mol. The number of allylic oxidation sites excluding steroid dienone is 1. The van der Waals surface area contributed by atoms with E-state index in [2.05, 4.69) is 6.07 Å². The molecule has 1 atom stereocenters. The van der Waals surface area contributed by atoms with Crippen molar-refractivity contribution in [2.24, 2.45) is 14.1 Å². The largest absolute Gasteiger partial charge is 0.330 e. The van der Waals surface area contributed by atoms with E-state index in [1.807, 2.05) is 12.1 Å². The SMILES string of the molecule is Cn1cc(/C=C2\C(=O)c3cccc4c3C2CCC4)c(=O)n(C)c1=O. The summed E-state index contributed by atoms with van der Waals surface area (Å²) in [5.74, 6) is 0.0778. The van der Waals surface area contributed by atoms with Crippen molar-refractivity contribution >= 4 is 11.9 Å². The zero-order valence-corrected chi connectivity index (χ0v) is 13.7. The quantitative estimate of drug-likeness (QED) is 0.752. The van der Waals surface area contributed by atoms with E-state index in [1.165, 1.54) is 23.4 Å². The van der Waals surface area contributed by atoms with E-state index in [-0.39, 0.29) is 23.0 Å². The molecule has 0 spiro atoms. The van der Waals surface area contributed by atoms with Crippen LogP contribution >= 0.6 is 0 Å². The first-order valence-electron chi connectivity index (χ1n) is 8.14. The lowest BCUT2D eigenvalue weighted by atomic mass is 9.82. The normalized spacial score (nSPS) is 20.5. The first-order chi connectivity index (χ1) is 11.5. The van der Waals surface area contributed by atoms with Crippen molar-refractivity contribution in [1.29, 1.82) is 0 Å². The molecule has 2 aromatic rings. The molecule has 5 nitrogen and oxygen atoms in total. The van der Waals surface area contributed by atoms with Gasteiger partial charge in [-0.15, -0.1) is 0 Å². The first kappa shape index (κ1) is 14.9. The second-order valence-corrected chi connectivity index (χ2v) is 6.59. The van der Waals surface area contributed by atoms with Crippen LogP contribution in [0.2, 0.25) is 0 Å². The highest BCUT2D eigenvalue weighted by Crippen LogP contribution is 2.46. The molecular formula is C19H18N2O3. The number of benzene rings is 1. The summed E-state index contributed by atoms with van der Waals surface area (Å²) in [6, 6.07) is 5.90. The van der Waals surface area contributed by atoms with Crippen LogP contribution in [0.15, 0.2) is 39.6 Å². The highest BCUT2D eigenvalue weighted by Gasteiger charge is 2.37. The second kappa shape index (κ2) is 5.16. The van der Waals surface area contributed by atoms with Crippen molar-refractivity contribution in [1.82, 2.24) is 9.13 Å². The molecule has 2 aliphatic rings. The minimum absolute atomic E-state index is 0.00894. The highest BCUT2D eigenvalue weighted by molar-refractivity contribution is 6.17. The van der Waals surface area contributed by atoms with Crippen molar-refractivity contribution < 1.29 is 4.79 Å². The summed E-state index contributed by atoms with van der Waals surface area (Å²) < 4.78 is 2.44. The molecule has 4 rings (SSSR count). The third kappa shape index (κ3) is 1.97. The Bertz CT molecular complexity index is 1020. The van der Waals surface area contributed by atoms with Gasteiger partial charge in [-0.2, -0.15) is 0 Å². The monoisotopic (exact) mass is 322 g/mol. The van der Waals surface area contributed by atoms with Gasteiger partial charge in [-0.25, -0.2) is 4.79 Å². The number of hydrogen-bond donors (Lipinski definition) is 0. The molecule has 0 N–H and O–H groups in total. The third-order valence-corrected chi connectivity index (χ3v) is 5.15. The Kier molecular flexibility index (Phi) is 3.20. The summed E-state index contributed by atoms with van der Waals surface area (Å²) in [5.41, 5.74) is 3.46. The molecule has 1 heterocycles. The topological polar surface area (TPSA) is 61.1 Å². The molecule has 24 heavy (non-hydrogen) atoms. The molecule has 1 aromatic carbocycles. The van der Waals surface area contributed by atoms with E-state index in [1.54, 1.807) is 13.1 Å². The van der Waals surface area contributed by atoms with E-state index in [4.69, 9.17) is 0 Å². The fourth-order valence-electron chi connectivity index (χ4n) is 3.98. The lowest BCUT2D eigenvalue weighted by molar-refractivity contribution is 0.103. The first-order valence-corrected chi connectivity index (χ1v) is 8.14. The maximum Gasteiger partial charge on any atom is 0.330 e. The Labute approximate surface area is 138 Å². The summed E-state index contributed by atoms with van der Waals surface area (Å²) in [5, 5.41) is 0. The predicted molar refractivity (Wildman–Crippen MR) is 91.4 cm³/mol. The van der Waals surface area contributed by atoms with Crippen LogP contribution in [-0.4, -0.2) is 14.9 Å². The summed E-state index contributed by atoms with van der Waals surface area (Å²) in [6.07, 6.45) is 6.16. The lowest BCUT2D eigenvalue weighted by Gasteiger charge is -2.21. The van der Waals surface area contributed by atoms with Gasteiger partial charge in [0.15, 0.2) is 5.78 Å². The molecule has 1 unspecified atom stereocenters. The zero-order valence-electron chi connectivity index (χ0n) is 13.7.